The number of benzene rings is 2. The Morgan fingerprint density at radius 3 is 2.34 bits per heavy atom. The fraction of sp³-hybridized carbons (Fsp3) is 0.240. The minimum atomic E-state index is -1.02. The van der Waals surface area contributed by atoms with Gasteiger partial charge >= 0.3 is 5.91 Å². The summed E-state index contributed by atoms with van der Waals surface area (Å²) in [6.45, 7) is 3.71. The van der Waals surface area contributed by atoms with Gasteiger partial charge in [0.1, 0.15) is 17.6 Å². The molecule has 1 aliphatic heterocycles. The Morgan fingerprint density at radius 2 is 1.77 bits per heavy atom. The van der Waals surface area contributed by atoms with Gasteiger partial charge in [0.2, 0.25) is 0 Å². The van der Waals surface area contributed by atoms with Crippen LogP contribution in [0.3, 0.4) is 0 Å². The Hall–Kier alpha value is -3.56. The molecule has 1 aromatic heterocycles. The number of rotatable bonds is 6. The van der Waals surface area contributed by atoms with Crippen molar-refractivity contribution in [2.24, 2.45) is 0 Å². The molecule has 2 heterocycles. The average Bonchev–Trinajstić information content (AvgIpc) is 3.32. The van der Waals surface area contributed by atoms with E-state index in [1.54, 1.807) is 30.3 Å². The van der Waals surface area contributed by atoms with E-state index in [0.29, 0.717) is 27.9 Å². The van der Waals surface area contributed by atoms with Gasteiger partial charge in [-0.3, -0.25) is 14.5 Å². The molecule has 1 saturated heterocycles. The van der Waals surface area contributed by atoms with Crippen molar-refractivity contribution in [2.45, 2.75) is 19.9 Å². The number of aliphatic hydroxyl groups is 1. The zero-order valence-electron chi connectivity index (χ0n) is 19.7. The number of carbonyl (C=O) groups excluding carboxylic acids is 2. The van der Waals surface area contributed by atoms with Crippen LogP contribution in [0.15, 0.2) is 42.0 Å². The fourth-order valence-electron chi connectivity index (χ4n) is 3.98. The molecule has 0 spiro atoms. The number of halogens is 1. The predicted octanol–water partition coefficient (Wildman–Crippen LogP) is 5.07. The van der Waals surface area contributed by atoms with Crippen LogP contribution < -0.4 is 19.1 Å². The van der Waals surface area contributed by atoms with Crippen LogP contribution in [0.5, 0.6) is 17.2 Å². The van der Waals surface area contributed by atoms with E-state index in [4.69, 9.17) is 25.8 Å². The molecule has 0 bridgehead atoms. The largest absolute Gasteiger partial charge is 0.507 e. The van der Waals surface area contributed by atoms with Crippen LogP contribution in [-0.4, -0.2) is 43.1 Å². The van der Waals surface area contributed by atoms with Gasteiger partial charge in [0.25, 0.3) is 5.78 Å². The summed E-state index contributed by atoms with van der Waals surface area (Å²) in [6.07, 6.45) is 0. The highest BCUT2D eigenvalue weighted by atomic mass is 35.5. The average molecular weight is 515 g/mol. The molecule has 0 aliphatic carbocycles. The van der Waals surface area contributed by atoms with Gasteiger partial charge in [-0.1, -0.05) is 23.7 Å². The zero-order chi connectivity index (χ0) is 25.4. The number of methoxy groups -OCH3 is 3. The lowest BCUT2D eigenvalue weighted by molar-refractivity contribution is -0.132. The second kappa shape index (κ2) is 9.59. The molecule has 1 fully saturated rings. The van der Waals surface area contributed by atoms with Crippen LogP contribution in [0.1, 0.15) is 27.7 Å². The molecule has 0 saturated carbocycles. The fourth-order valence-corrected chi connectivity index (χ4v) is 5.17. The monoisotopic (exact) mass is 514 g/mol. The van der Waals surface area contributed by atoms with Gasteiger partial charge in [0, 0.05) is 16.0 Å². The van der Waals surface area contributed by atoms with Crippen LogP contribution in [0.2, 0.25) is 5.02 Å². The standard InChI is InChI=1S/C25H23ClN2O6S/c1-12-13(2)35-25(27-12)28-20(15-7-6-8-18(33-4)23(15)34-5)19(22(30)24(28)31)21(29)14-9-10-17(32-3)16(26)11-14/h6-11,20,29H,1-5H3/b21-19+/t20-/m0/s1. The summed E-state index contributed by atoms with van der Waals surface area (Å²) < 4.78 is 16.2. The van der Waals surface area contributed by atoms with Crippen molar-refractivity contribution in [1.29, 1.82) is 0 Å². The first kappa shape index (κ1) is 24.6. The summed E-state index contributed by atoms with van der Waals surface area (Å²) in [4.78, 5) is 33.4. The third-order valence-corrected chi connectivity index (χ3v) is 7.19. The van der Waals surface area contributed by atoms with Gasteiger partial charge in [0.15, 0.2) is 16.6 Å². The first-order valence-electron chi connectivity index (χ1n) is 10.5. The number of aliphatic hydroxyl groups excluding tert-OH is 1. The summed E-state index contributed by atoms with van der Waals surface area (Å²) in [7, 11) is 4.43. The number of anilines is 1. The molecule has 0 radical (unpaired) electrons. The molecule has 0 unspecified atom stereocenters. The number of amides is 1. The molecule has 182 valence electrons. The second-order valence-electron chi connectivity index (χ2n) is 7.74. The second-order valence-corrected chi connectivity index (χ2v) is 9.33. The molecule has 1 amide bonds. The predicted molar refractivity (Wildman–Crippen MR) is 134 cm³/mol. The minimum absolute atomic E-state index is 0.117. The number of Topliss-reactive ketones (excluding diaryl/α,β-unsaturated/α-hetero) is 1. The highest BCUT2D eigenvalue weighted by molar-refractivity contribution is 7.16. The lowest BCUT2D eigenvalue weighted by Crippen LogP contribution is -2.29. The molecule has 4 rings (SSSR count). The lowest BCUT2D eigenvalue weighted by atomic mass is 9.94. The first-order chi connectivity index (χ1) is 16.7. The molecule has 35 heavy (non-hydrogen) atoms. The van der Waals surface area contributed by atoms with Crippen molar-refractivity contribution >= 4 is 45.5 Å². The molecule has 1 aliphatic rings. The summed E-state index contributed by atoms with van der Waals surface area (Å²) in [5.74, 6) is -0.895. The van der Waals surface area contributed by atoms with Crippen LogP contribution >= 0.6 is 22.9 Å². The van der Waals surface area contributed by atoms with Crippen molar-refractivity contribution in [3.05, 3.63) is 68.7 Å². The van der Waals surface area contributed by atoms with Gasteiger partial charge in [-0.05, 0) is 38.1 Å². The number of para-hydroxylation sites is 1. The Labute approximate surface area is 211 Å². The molecule has 10 heteroatoms. The number of nitrogens with zero attached hydrogens (tertiary/aromatic N) is 2. The summed E-state index contributed by atoms with van der Waals surface area (Å²) in [5, 5.41) is 11.9. The molecule has 1 N–H and O–H groups in total. The Kier molecular flexibility index (Phi) is 6.73. The number of carbonyl (C=O) groups is 2. The number of ether oxygens (including phenoxy) is 3. The summed E-state index contributed by atoms with van der Waals surface area (Å²) in [6, 6.07) is 8.72. The van der Waals surface area contributed by atoms with Crippen molar-refractivity contribution in [1.82, 2.24) is 4.98 Å². The molecule has 2 aromatic carbocycles. The number of aryl methyl sites for hydroxylation is 2. The van der Waals surface area contributed by atoms with E-state index in [2.05, 4.69) is 4.98 Å². The summed E-state index contributed by atoms with van der Waals surface area (Å²) >= 11 is 7.55. The van der Waals surface area contributed by atoms with E-state index < -0.39 is 17.7 Å². The van der Waals surface area contributed by atoms with E-state index in [9.17, 15) is 14.7 Å². The number of ketones is 1. The highest BCUT2D eigenvalue weighted by Crippen LogP contribution is 2.48. The maximum absolute atomic E-state index is 13.4. The molecular formula is C25H23ClN2O6S. The number of thiazole rings is 1. The molecule has 1 atom stereocenters. The normalized spacial score (nSPS) is 17.1. The highest BCUT2D eigenvalue weighted by Gasteiger charge is 2.49. The number of hydrogen-bond acceptors (Lipinski definition) is 8. The van der Waals surface area contributed by atoms with Gasteiger partial charge in [-0.15, -0.1) is 11.3 Å². The molecule has 8 nitrogen and oxygen atoms in total. The Bertz CT molecular complexity index is 1350. The molecule has 3 aromatic rings. The SMILES string of the molecule is COc1ccc(/C(O)=C2\C(=O)C(=O)N(c3nc(C)c(C)s3)[C@H]2c2cccc(OC)c2OC)cc1Cl. The first-order valence-corrected chi connectivity index (χ1v) is 11.7. The van der Waals surface area contributed by atoms with Gasteiger partial charge in [-0.2, -0.15) is 0 Å². The molecular weight excluding hydrogens is 492 g/mol. The third kappa shape index (κ3) is 4.11. The lowest BCUT2D eigenvalue weighted by Gasteiger charge is -2.25. The van der Waals surface area contributed by atoms with Crippen LogP contribution in [0.25, 0.3) is 5.76 Å². The zero-order valence-corrected chi connectivity index (χ0v) is 21.3. The number of hydrogen-bond donors (Lipinski definition) is 1. The van der Waals surface area contributed by atoms with Gasteiger partial charge < -0.3 is 19.3 Å². The quantitative estimate of drug-likeness (QED) is 0.279. The van der Waals surface area contributed by atoms with Crippen LogP contribution in [-0.2, 0) is 9.59 Å². The van der Waals surface area contributed by atoms with E-state index in [1.807, 2.05) is 13.8 Å². The Morgan fingerprint density at radius 1 is 1.06 bits per heavy atom. The smallest absolute Gasteiger partial charge is 0.301 e. The van der Waals surface area contributed by atoms with Crippen molar-refractivity contribution in [2.75, 3.05) is 26.2 Å². The van der Waals surface area contributed by atoms with Crippen molar-refractivity contribution < 1.29 is 28.9 Å². The maximum atomic E-state index is 13.4. The minimum Gasteiger partial charge on any atom is -0.507 e. The van der Waals surface area contributed by atoms with E-state index in [-0.39, 0.29) is 21.9 Å². The maximum Gasteiger partial charge on any atom is 0.301 e. The van der Waals surface area contributed by atoms with E-state index in [1.165, 1.54) is 43.6 Å². The van der Waals surface area contributed by atoms with Crippen molar-refractivity contribution in [3.63, 3.8) is 0 Å². The van der Waals surface area contributed by atoms with Crippen LogP contribution in [0, 0.1) is 13.8 Å². The summed E-state index contributed by atoms with van der Waals surface area (Å²) in [5.41, 5.74) is 1.34. The third-order valence-electron chi connectivity index (χ3n) is 5.82. The van der Waals surface area contributed by atoms with Crippen molar-refractivity contribution in [3.8, 4) is 17.2 Å². The van der Waals surface area contributed by atoms with Crippen LogP contribution in [0.4, 0.5) is 5.13 Å². The van der Waals surface area contributed by atoms with Gasteiger partial charge in [0.05, 0.1) is 37.6 Å². The van der Waals surface area contributed by atoms with E-state index in [0.717, 1.165) is 10.6 Å². The van der Waals surface area contributed by atoms with E-state index >= 15 is 0 Å². The van der Waals surface area contributed by atoms with Gasteiger partial charge in [-0.25, -0.2) is 4.98 Å². The topological polar surface area (TPSA) is 98.2 Å². The number of aromatic nitrogens is 1. The Balaban J connectivity index is 2.01.